The molecule has 0 radical (unpaired) electrons. The lowest BCUT2D eigenvalue weighted by atomic mass is 10.3. The molecule has 4 heteroatoms. The maximum absolute atomic E-state index is 4.24. The number of nitrogens with zero attached hydrogens (tertiary/aromatic N) is 2. The van der Waals surface area contributed by atoms with Crippen molar-refractivity contribution in [1.82, 2.24) is 14.8 Å². The van der Waals surface area contributed by atoms with Crippen LogP contribution in [0.4, 0.5) is 0 Å². The van der Waals surface area contributed by atoms with Crippen LogP contribution in [-0.2, 0) is 0 Å². The third-order valence-electron chi connectivity index (χ3n) is 2.03. The third-order valence-corrected chi connectivity index (χ3v) is 2.78. The van der Waals surface area contributed by atoms with Crippen LogP contribution >= 0.6 is 11.3 Å². The molecule has 0 aromatic carbocycles. The monoisotopic (exact) mass is 189 g/mol. The molecular weight excluding hydrogens is 182 g/mol. The minimum Gasteiger partial charge on any atom is -0.298 e. The Bertz CT molecular complexity index is 477. The molecule has 2 heterocycles. The van der Waals surface area contributed by atoms with Crippen LogP contribution < -0.4 is 0 Å². The highest BCUT2D eigenvalue weighted by molar-refractivity contribution is 7.12. The van der Waals surface area contributed by atoms with E-state index < -0.39 is 0 Å². The first-order valence-corrected chi connectivity index (χ1v) is 4.88. The summed E-state index contributed by atoms with van der Waals surface area (Å²) in [4.78, 5) is 4.24. The molecular formula is C9H7N3S. The maximum atomic E-state index is 4.24. The van der Waals surface area contributed by atoms with E-state index in [1.165, 1.54) is 11.3 Å². The Kier molecular flexibility index (Phi) is 1.31. The van der Waals surface area contributed by atoms with Crippen LogP contribution in [0.2, 0.25) is 0 Å². The summed E-state index contributed by atoms with van der Waals surface area (Å²) in [6.45, 7) is 0. The van der Waals surface area contributed by atoms with Gasteiger partial charge in [0, 0.05) is 23.3 Å². The SMILES string of the molecule is c1cc2c[nH]n(-c3nccs3)c-2c1. The van der Waals surface area contributed by atoms with Crippen LogP contribution in [0.3, 0.4) is 0 Å². The van der Waals surface area contributed by atoms with Gasteiger partial charge in [0.1, 0.15) is 0 Å². The molecule has 0 fully saturated rings. The summed E-state index contributed by atoms with van der Waals surface area (Å²) in [7, 11) is 0. The normalized spacial score (nSPS) is 11.1. The Labute approximate surface area is 79.0 Å². The summed E-state index contributed by atoms with van der Waals surface area (Å²) in [5.41, 5.74) is 2.39. The summed E-state index contributed by atoms with van der Waals surface area (Å²) < 4.78 is 1.99. The molecule has 0 atom stereocenters. The van der Waals surface area contributed by atoms with Gasteiger partial charge in [0.2, 0.25) is 5.13 Å². The number of thiazole rings is 1. The molecule has 64 valence electrons. The predicted molar refractivity (Wildman–Crippen MR) is 52.4 cm³/mol. The molecule has 1 aliphatic carbocycles. The van der Waals surface area contributed by atoms with Crippen LogP contribution in [0.1, 0.15) is 0 Å². The molecule has 0 saturated heterocycles. The van der Waals surface area contributed by atoms with E-state index in [0.29, 0.717) is 0 Å². The zero-order chi connectivity index (χ0) is 8.67. The van der Waals surface area contributed by atoms with Gasteiger partial charge in [0.25, 0.3) is 0 Å². The molecule has 0 bridgehead atoms. The average Bonchev–Trinajstić information content (AvgIpc) is 2.79. The Balaban J connectivity index is 2.24. The van der Waals surface area contributed by atoms with Crippen molar-refractivity contribution in [2.75, 3.05) is 0 Å². The van der Waals surface area contributed by atoms with Gasteiger partial charge < -0.3 is 0 Å². The van der Waals surface area contributed by atoms with Crippen LogP contribution in [0.15, 0.2) is 36.0 Å². The van der Waals surface area contributed by atoms with Crippen molar-refractivity contribution in [2.24, 2.45) is 0 Å². The van der Waals surface area contributed by atoms with E-state index in [1.807, 2.05) is 28.5 Å². The number of aromatic amines is 1. The van der Waals surface area contributed by atoms with E-state index in [0.717, 1.165) is 5.13 Å². The molecule has 0 unspecified atom stereocenters. The second-order valence-electron chi connectivity index (χ2n) is 2.79. The molecule has 3 nitrogen and oxygen atoms in total. The summed E-state index contributed by atoms with van der Waals surface area (Å²) >= 11 is 1.62. The number of hydrogen-bond donors (Lipinski definition) is 1. The first-order valence-electron chi connectivity index (χ1n) is 4.00. The van der Waals surface area contributed by atoms with Gasteiger partial charge in [-0.1, -0.05) is 12.1 Å². The third kappa shape index (κ3) is 0.922. The van der Waals surface area contributed by atoms with Crippen LogP contribution in [-0.4, -0.2) is 14.8 Å². The number of nitrogens with one attached hydrogen (secondary N) is 1. The van der Waals surface area contributed by atoms with Gasteiger partial charge in [0.05, 0.1) is 5.69 Å². The Morgan fingerprint density at radius 2 is 2.38 bits per heavy atom. The fourth-order valence-electron chi connectivity index (χ4n) is 1.44. The van der Waals surface area contributed by atoms with E-state index >= 15 is 0 Å². The van der Waals surface area contributed by atoms with Gasteiger partial charge in [-0.05, 0) is 6.07 Å². The molecule has 1 N–H and O–H groups in total. The zero-order valence-corrected chi connectivity index (χ0v) is 7.58. The van der Waals surface area contributed by atoms with Gasteiger partial charge in [-0.3, -0.25) is 5.10 Å². The van der Waals surface area contributed by atoms with Crippen LogP contribution in [0, 0.1) is 0 Å². The Hall–Kier alpha value is -1.55. The van der Waals surface area contributed by atoms with Gasteiger partial charge in [0.15, 0.2) is 0 Å². The lowest BCUT2D eigenvalue weighted by Gasteiger charge is -1.98. The molecule has 13 heavy (non-hydrogen) atoms. The molecule has 2 aliphatic rings. The van der Waals surface area contributed by atoms with Gasteiger partial charge in [-0.2, -0.15) is 0 Å². The predicted octanol–water partition coefficient (Wildman–Crippen LogP) is 2.37. The molecule has 3 rings (SSSR count). The number of H-pyrrole nitrogens is 1. The van der Waals surface area contributed by atoms with Crippen molar-refractivity contribution in [3.63, 3.8) is 0 Å². The highest BCUT2D eigenvalue weighted by Crippen LogP contribution is 2.25. The summed E-state index contributed by atoms with van der Waals surface area (Å²) in [5.74, 6) is 0. The minimum absolute atomic E-state index is 0.973. The van der Waals surface area contributed by atoms with Crippen LogP contribution in [0.5, 0.6) is 0 Å². The van der Waals surface area contributed by atoms with Gasteiger partial charge in [-0.25, -0.2) is 9.67 Å². The Morgan fingerprint density at radius 3 is 3.23 bits per heavy atom. The molecule has 1 aromatic rings. The van der Waals surface area contributed by atoms with Gasteiger partial charge >= 0.3 is 0 Å². The van der Waals surface area contributed by atoms with Gasteiger partial charge in [-0.15, -0.1) is 11.3 Å². The molecule has 0 amide bonds. The lowest BCUT2D eigenvalue weighted by Crippen LogP contribution is -1.94. The van der Waals surface area contributed by atoms with Crippen molar-refractivity contribution in [3.8, 4) is 16.4 Å². The minimum atomic E-state index is 0.973. The highest BCUT2D eigenvalue weighted by Gasteiger charge is 2.10. The van der Waals surface area contributed by atoms with Crippen molar-refractivity contribution in [1.29, 1.82) is 0 Å². The summed E-state index contributed by atoms with van der Waals surface area (Å²) in [5, 5.41) is 6.10. The second-order valence-corrected chi connectivity index (χ2v) is 3.66. The van der Waals surface area contributed by atoms with E-state index in [-0.39, 0.29) is 0 Å². The standard InChI is InChI=1S/C9H7N3S/c1-2-7-6-11-12(8(7)3-1)9-10-4-5-13-9/h1-6,11H. The smallest absolute Gasteiger partial charge is 0.208 e. The quantitative estimate of drug-likeness (QED) is 0.626. The summed E-state index contributed by atoms with van der Waals surface area (Å²) in [6, 6.07) is 6.20. The molecule has 0 saturated carbocycles. The van der Waals surface area contributed by atoms with Crippen molar-refractivity contribution in [2.45, 2.75) is 0 Å². The lowest BCUT2D eigenvalue weighted by molar-refractivity contribution is 0.881. The van der Waals surface area contributed by atoms with Crippen molar-refractivity contribution < 1.29 is 0 Å². The number of hydrogen-bond acceptors (Lipinski definition) is 2. The maximum Gasteiger partial charge on any atom is 0.208 e. The fraction of sp³-hybridized carbons (Fsp3) is 0. The molecule has 1 aliphatic heterocycles. The van der Waals surface area contributed by atoms with E-state index in [2.05, 4.69) is 22.2 Å². The molecule has 0 spiro atoms. The fourth-order valence-corrected chi connectivity index (χ4v) is 2.06. The average molecular weight is 189 g/mol. The highest BCUT2D eigenvalue weighted by atomic mass is 32.1. The first kappa shape index (κ1) is 6.91. The van der Waals surface area contributed by atoms with E-state index in [4.69, 9.17) is 0 Å². The largest absolute Gasteiger partial charge is 0.298 e. The number of aromatic nitrogens is 3. The summed E-state index contributed by atoms with van der Waals surface area (Å²) in [6.07, 6.45) is 3.79. The second kappa shape index (κ2) is 2.47. The van der Waals surface area contributed by atoms with Crippen molar-refractivity contribution >= 4 is 11.3 Å². The zero-order valence-electron chi connectivity index (χ0n) is 6.77. The number of fused-ring (bicyclic) bond motifs is 1. The number of rotatable bonds is 1. The topological polar surface area (TPSA) is 33.6 Å². The molecule has 1 aromatic heterocycles. The first-order chi connectivity index (χ1) is 6.45. The van der Waals surface area contributed by atoms with E-state index in [1.54, 1.807) is 11.3 Å². The van der Waals surface area contributed by atoms with Crippen LogP contribution in [0.25, 0.3) is 16.4 Å². The Morgan fingerprint density at radius 1 is 1.38 bits per heavy atom. The van der Waals surface area contributed by atoms with Crippen molar-refractivity contribution in [3.05, 3.63) is 36.0 Å². The van der Waals surface area contributed by atoms with E-state index in [9.17, 15) is 0 Å².